The maximum atomic E-state index is 12.7. The zero-order valence-electron chi connectivity index (χ0n) is 16.3. The second-order valence-corrected chi connectivity index (χ2v) is 7.90. The van der Waals surface area contributed by atoms with Crippen LogP contribution >= 0.6 is 0 Å². The number of nitrogen functional groups attached to an aromatic ring is 1. The monoisotopic (exact) mass is 382 g/mol. The summed E-state index contributed by atoms with van der Waals surface area (Å²) in [5, 5.41) is 3.76. The highest BCUT2D eigenvalue weighted by Gasteiger charge is 2.33. The average Bonchev–Trinajstić information content (AvgIpc) is 3.41. The van der Waals surface area contributed by atoms with Crippen LogP contribution in [0.2, 0.25) is 0 Å². The van der Waals surface area contributed by atoms with Crippen molar-refractivity contribution < 1.29 is 0 Å². The van der Waals surface area contributed by atoms with Gasteiger partial charge in [-0.2, -0.15) is 4.68 Å². The third-order valence-corrected chi connectivity index (χ3v) is 6.21. The Morgan fingerprint density at radius 1 is 1.32 bits per heavy atom. The van der Waals surface area contributed by atoms with Crippen molar-refractivity contribution in [1.82, 2.24) is 14.6 Å². The van der Waals surface area contributed by atoms with Crippen LogP contribution in [-0.4, -0.2) is 42.0 Å². The number of nitrogens with one attached hydrogen (secondary N) is 1. The van der Waals surface area contributed by atoms with E-state index < -0.39 is 11.2 Å². The molecule has 3 N–H and O–H groups in total. The summed E-state index contributed by atoms with van der Waals surface area (Å²) in [4.78, 5) is 31.1. The van der Waals surface area contributed by atoms with Gasteiger partial charge in [-0.3, -0.25) is 9.36 Å². The van der Waals surface area contributed by atoms with Gasteiger partial charge in [0, 0.05) is 30.7 Å². The zero-order valence-corrected chi connectivity index (χ0v) is 16.3. The topological polar surface area (TPSA) is 89.7 Å². The molecule has 2 atom stereocenters. The van der Waals surface area contributed by atoms with Crippen molar-refractivity contribution in [3.63, 3.8) is 0 Å². The van der Waals surface area contributed by atoms with E-state index in [9.17, 15) is 9.59 Å². The summed E-state index contributed by atoms with van der Waals surface area (Å²) in [6, 6.07) is 4.06. The highest BCUT2D eigenvalue weighted by atomic mass is 16.2. The number of aromatic nitrogens is 2. The van der Waals surface area contributed by atoms with Gasteiger partial charge in [0.05, 0.1) is 16.9 Å². The molecule has 4 rings (SSSR count). The van der Waals surface area contributed by atoms with Gasteiger partial charge in [0.15, 0.2) is 0 Å². The lowest BCUT2D eigenvalue weighted by Crippen LogP contribution is -2.44. The van der Waals surface area contributed by atoms with Crippen molar-refractivity contribution in [3.05, 3.63) is 50.0 Å². The lowest BCUT2D eigenvalue weighted by atomic mass is 9.99. The number of hydrogen-bond acceptors (Lipinski definition) is 5. The molecule has 8 heteroatoms. The maximum absolute atomic E-state index is 12.7. The second kappa shape index (κ2) is 6.99. The molecule has 1 aliphatic heterocycles. The molecule has 1 aromatic heterocycles. The Bertz CT molecular complexity index is 1080. The largest absolute Gasteiger partial charge is 0.371 e. The second-order valence-electron chi connectivity index (χ2n) is 7.90. The van der Waals surface area contributed by atoms with Gasteiger partial charge in [-0.1, -0.05) is 0 Å². The van der Waals surface area contributed by atoms with E-state index in [0.29, 0.717) is 23.4 Å². The van der Waals surface area contributed by atoms with Crippen molar-refractivity contribution in [1.29, 1.82) is 0 Å². The van der Waals surface area contributed by atoms with Crippen molar-refractivity contribution in [2.24, 2.45) is 5.92 Å². The summed E-state index contributed by atoms with van der Waals surface area (Å²) >= 11 is 0. The van der Waals surface area contributed by atoms with Crippen molar-refractivity contribution in [2.75, 3.05) is 37.4 Å². The van der Waals surface area contributed by atoms with Crippen LogP contribution in [0.15, 0.2) is 21.7 Å². The summed E-state index contributed by atoms with van der Waals surface area (Å²) in [5.41, 5.74) is 1.83. The number of likely N-dealkylation sites (N-methyl/N-ethyl adjacent to an activating group) is 1. The Balaban J connectivity index is 1.78. The van der Waals surface area contributed by atoms with Crippen LogP contribution in [-0.2, 0) is 0 Å². The molecule has 2 aromatic rings. The Hall–Kier alpha value is -2.79. The van der Waals surface area contributed by atoms with E-state index >= 15 is 0 Å². The van der Waals surface area contributed by atoms with E-state index in [1.807, 2.05) is 20.0 Å². The molecule has 148 valence electrons. The van der Waals surface area contributed by atoms with Gasteiger partial charge in [0.1, 0.15) is 0 Å². The molecule has 28 heavy (non-hydrogen) atoms. The van der Waals surface area contributed by atoms with Gasteiger partial charge < -0.3 is 20.9 Å². The van der Waals surface area contributed by atoms with Crippen LogP contribution < -0.4 is 27.3 Å². The molecule has 0 amide bonds. The molecule has 2 unspecified atom stereocenters. The van der Waals surface area contributed by atoms with Crippen LogP contribution in [0.1, 0.15) is 30.9 Å². The number of benzene rings is 1. The average molecular weight is 382 g/mol. The van der Waals surface area contributed by atoms with E-state index in [1.54, 1.807) is 10.6 Å². The van der Waals surface area contributed by atoms with Crippen LogP contribution in [0, 0.1) is 19.4 Å². The third-order valence-electron chi connectivity index (χ3n) is 6.21. The van der Waals surface area contributed by atoms with Gasteiger partial charge in [0.2, 0.25) is 6.54 Å². The summed E-state index contributed by atoms with van der Waals surface area (Å²) in [6.45, 7) is 11.4. The van der Waals surface area contributed by atoms with Crippen molar-refractivity contribution in [2.45, 2.75) is 38.3 Å². The molecule has 1 aliphatic carbocycles. The summed E-state index contributed by atoms with van der Waals surface area (Å²) in [6.07, 6.45) is 2.88. The Labute approximate surface area is 163 Å². The minimum atomic E-state index is -0.446. The molecule has 0 spiro atoms. The van der Waals surface area contributed by atoms with Gasteiger partial charge in [-0.15, -0.1) is 0 Å². The smallest absolute Gasteiger partial charge is 0.350 e. The predicted octanol–water partition coefficient (Wildman–Crippen LogP) is 0.854. The molecular weight excluding hydrogens is 356 g/mol. The van der Waals surface area contributed by atoms with Crippen LogP contribution in [0.4, 0.5) is 5.69 Å². The highest BCUT2D eigenvalue weighted by Crippen LogP contribution is 2.38. The molecule has 0 bridgehead atoms. The molecule has 0 radical (unpaired) electrons. The van der Waals surface area contributed by atoms with E-state index in [-0.39, 0.29) is 12.1 Å². The lowest BCUT2D eigenvalue weighted by Gasteiger charge is -2.24. The number of rotatable bonds is 5. The van der Waals surface area contributed by atoms with Gasteiger partial charge in [0.25, 0.3) is 5.56 Å². The summed E-state index contributed by atoms with van der Waals surface area (Å²) in [5.74, 6) is 6.15. The number of fused-ring (bicyclic) bond motifs is 1. The normalized spacial score (nSPS) is 20.5. The number of nitrogens with zero attached hydrogens (tertiary/aromatic N) is 4. The van der Waals surface area contributed by atoms with E-state index in [2.05, 4.69) is 15.1 Å². The Morgan fingerprint density at radius 3 is 2.71 bits per heavy atom. The minimum absolute atomic E-state index is 0.123. The first-order valence-corrected chi connectivity index (χ1v) is 9.79. The first-order valence-electron chi connectivity index (χ1n) is 9.79. The van der Waals surface area contributed by atoms with Crippen LogP contribution in [0.25, 0.3) is 15.7 Å². The predicted molar refractivity (Wildman–Crippen MR) is 110 cm³/mol. The summed E-state index contributed by atoms with van der Waals surface area (Å²) in [7, 11) is 1.91. The molecule has 2 aliphatic rings. The van der Waals surface area contributed by atoms with E-state index in [0.717, 1.165) is 48.3 Å². The molecule has 2 heterocycles. The minimum Gasteiger partial charge on any atom is -0.371 e. The number of nitrogens with two attached hydrogens (primary N) is 1. The molecule has 1 saturated carbocycles. The molecule has 8 nitrogen and oxygen atoms in total. The maximum Gasteiger partial charge on any atom is 0.350 e. The highest BCUT2D eigenvalue weighted by molar-refractivity contribution is 5.87. The third kappa shape index (κ3) is 2.87. The van der Waals surface area contributed by atoms with Crippen LogP contribution in [0.5, 0.6) is 0 Å². The fraction of sp³-hybridized carbons (Fsp3) is 0.550. The quantitative estimate of drug-likeness (QED) is 0.591. The number of aryl methyl sites for hydroxylation is 1. The standard InChI is InChI=1S/C20H26N6O2/c1-12-17(24-9-8-13(11-24)16(23-3)10-22-2)7-6-15-18(12)25(14-4-5-14)20(28)26(21)19(15)27/h6-7,13-14,16,23H,4-5,8-11,21H2,1,3H3. The Kier molecular flexibility index (Phi) is 4.63. The van der Waals surface area contributed by atoms with Crippen molar-refractivity contribution in [3.8, 4) is 0 Å². The summed E-state index contributed by atoms with van der Waals surface area (Å²) < 4.78 is 2.44. The number of anilines is 1. The Morgan fingerprint density at radius 2 is 2.07 bits per heavy atom. The molecular formula is C20H26N6O2. The first kappa shape index (κ1) is 18.6. The lowest BCUT2D eigenvalue weighted by molar-refractivity contribution is 0.422. The van der Waals surface area contributed by atoms with Gasteiger partial charge in [-0.25, -0.2) is 11.4 Å². The SMILES string of the molecule is [C-]#[N+]CC(NC)C1CCN(c2ccc3c(=O)n(N)c(=O)n(C4CC4)c3c2C)C1. The fourth-order valence-electron chi connectivity index (χ4n) is 4.52. The fourth-order valence-corrected chi connectivity index (χ4v) is 4.52. The number of hydrogen-bond donors (Lipinski definition) is 2. The molecule has 1 aromatic carbocycles. The molecule has 2 fully saturated rings. The van der Waals surface area contributed by atoms with Crippen LogP contribution in [0.3, 0.4) is 0 Å². The van der Waals surface area contributed by atoms with Gasteiger partial charge >= 0.3 is 5.69 Å². The van der Waals surface area contributed by atoms with E-state index in [1.165, 1.54) is 0 Å². The first-order chi connectivity index (χ1) is 13.5. The van der Waals surface area contributed by atoms with E-state index in [4.69, 9.17) is 12.4 Å². The van der Waals surface area contributed by atoms with Gasteiger partial charge in [-0.05, 0) is 50.9 Å². The molecule has 1 saturated heterocycles. The van der Waals surface area contributed by atoms with Crippen molar-refractivity contribution >= 4 is 16.6 Å². The zero-order chi connectivity index (χ0) is 20.0.